The molecular formula is C30H26N4O6. The van der Waals surface area contributed by atoms with Crippen LogP contribution in [0, 0.1) is 13.8 Å². The van der Waals surface area contributed by atoms with Gasteiger partial charge in [0.2, 0.25) is 0 Å². The molecule has 4 aromatic heterocycles. The zero-order chi connectivity index (χ0) is 28.0. The van der Waals surface area contributed by atoms with Crippen molar-refractivity contribution in [2.75, 3.05) is 0 Å². The fraction of sp³-hybridized carbons (Fsp3) is 0.200. The van der Waals surface area contributed by atoms with Gasteiger partial charge in [-0.25, -0.2) is 4.52 Å². The molecule has 40 heavy (non-hydrogen) atoms. The fourth-order valence-electron chi connectivity index (χ4n) is 5.17. The molecule has 0 spiro atoms. The molecule has 0 fully saturated rings. The molecule has 0 radical (unpaired) electrons. The second kappa shape index (κ2) is 9.88. The molecule has 0 aliphatic rings. The Kier molecular flexibility index (Phi) is 6.22. The van der Waals surface area contributed by atoms with Crippen LogP contribution in [0.3, 0.4) is 0 Å². The Labute approximate surface area is 227 Å². The van der Waals surface area contributed by atoms with E-state index in [1.54, 1.807) is 26.2 Å². The number of para-hydroxylation sites is 2. The first-order chi connectivity index (χ1) is 19.3. The predicted octanol–water partition coefficient (Wildman–Crippen LogP) is 3.35. The molecule has 6 aromatic rings. The van der Waals surface area contributed by atoms with Gasteiger partial charge in [-0.3, -0.25) is 19.2 Å². The summed E-state index contributed by atoms with van der Waals surface area (Å²) in [7, 11) is 0. The molecule has 2 N–H and O–H groups in total. The lowest BCUT2D eigenvalue weighted by molar-refractivity contribution is -0.144. The molecule has 0 bridgehead atoms. The Morgan fingerprint density at radius 1 is 0.675 bits per heavy atom. The van der Waals surface area contributed by atoms with Gasteiger partial charge in [-0.15, -0.1) is 0 Å². The summed E-state index contributed by atoms with van der Waals surface area (Å²) in [6, 6.07) is 15.3. The van der Waals surface area contributed by atoms with Crippen LogP contribution >= 0.6 is 0 Å². The number of aromatic amines is 2. The molecule has 4 heterocycles. The average molecular weight is 539 g/mol. The van der Waals surface area contributed by atoms with Gasteiger partial charge in [0.05, 0.1) is 24.2 Å². The van der Waals surface area contributed by atoms with E-state index < -0.39 is 23.1 Å². The van der Waals surface area contributed by atoms with E-state index in [9.17, 15) is 19.2 Å². The van der Waals surface area contributed by atoms with Gasteiger partial charge in [0.15, 0.2) is 0 Å². The number of nitrogens with one attached hydrogen (secondary N) is 2. The van der Waals surface area contributed by atoms with Gasteiger partial charge < -0.3 is 19.4 Å². The Balaban J connectivity index is 1.21. The van der Waals surface area contributed by atoms with Gasteiger partial charge in [-0.2, -0.15) is 4.52 Å². The molecule has 0 unspecified atom stereocenters. The normalized spacial score (nSPS) is 11.6. The van der Waals surface area contributed by atoms with Crippen LogP contribution in [0.2, 0.25) is 0 Å². The average Bonchev–Trinajstić information content (AvgIpc) is 3.67. The third-order valence-corrected chi connectivity index (χ3v) is 7.36. The van der Waals surface area contributed by atoms with Crippen molar-refractivity contribution in [1.29, 1.82) is 0 Å². The van der Waals surface area contributed by atoms with E-state index in [1.807, 2.05) is 48.5 Å². The Hall–Kier alpha value is -5.12. The van der Waals surface area contributed by atoms with E-state index in [0.717, 1.165) is 37.4 Å². The van der Waals surface area contributed by atoms with Gasteiger partial charge in [0.1, 0.15) is 13.2 Å². The highest BCUT2D eigenvalue weighted by Gasteiger charge is 2.24. The second-order valence-electron chi connectivity index (χ2n) is 9.77. The monoisotopic (exact) mass is 538 g/mol. The fourth-order valence-corrected chi connectivity index (χ4v) is 5.17. The van der Waals surface area contributed by atoms with Crippen LogP contribution in [-0.2, 0) is 45.1 Å². The first-order valence-electron chi connectivity index (χ1n) is 12.8. The zero-order valence-corrected chi connectivity index (χ0v) is 21.9. The minimum absolute atomic E-state index is 0.0418. The first-order valence-corrected chi connectivity index (χ1v) is 12.8. The number of carbonyl (C=O) groups is 2. The number of fused-ring (bicyclic) bond motifs is 3. The van der Waals surface area contributed by atoms with Crippen molar-refractivity contribution < 1.29 is 19.1 Å². The third-order valence-electron chi connectivity index (χ3n) is 7.36. The largest absolute Gasteiger partial charge is 0.459 e. The number of ether oxygens (including phenoxy) is 2. The van der Waals surface area contributed by atoms with Crippen molar-refractivity contribution >= 4 is 33.7 Å². The summed E-state index contributed by atoms with van der Waals surface area (Å²) in [5.41, 5.74) is 3.68. The zero-order valence-electron chi connectivity index (χ0n) is 21.9. The van der Waals surface area contributed by atoms with Crippen molar-refractivity contribution in [3.05, 3.63) is 115 Å². The molecule has 0 saturated heterocycles. The van der Waals surface area contributed by atoms with E-state index in [4.69, 9.17) is 9.47 Å². The van der Waals surface area contributed by atoms with E-state index in [-0.39, 0.29) is 37.2 Å². The van der Waals surface area contributed by atoms with Gasteiger partial charge in [-0.1, -0.05) is 36.4 Å². The van der Waals surface area contributed by atoms with Crippen LogP contribution < -0.4 is 11.1 Å². The highest BCUT2D eigenvalue weighted by molar-refractivity contribution is 5.88. The lowest BCUT2D eigenvalue weighted by Crippen LogP contribution is -2.23. The van der Waals surface area contributed by atoms with E-state index in [0.29, 0.717) is 11.4 Å². The molecule has 10 heteroatoms. The SMILES string of the molecule is Cc1c(COC(=O)Cc2c[nH]c3ccccc23)n2c(COC(=O)Cc3c[nH]c4ccccc34)c(C)c(=O)n2c1=O. The van der Waals surface area contributed by atoms with E-state index in [2.05, 4.69) is 9.97 Å². The van der Waals surface area contributed by atoms with Crippen molar-refractivity contribution in [1.82, 2.24) is 19.0 Å². The Morgan fingerprint density at radius 3 is 1.55 bits per heavy atom. The highest BCUT2D eigenvalue weighted by Crippen LogP contribution is 2.21. The van der Waals surface area contributed by atoms with Crippen LogP contribution in [0.5, 0.6) is 0 Å². The van der Waals surface area contributed by atoms with E-state index >= 15 is 0 Å². The first kappa shape index (κ1) is 25.2. The van der Waals surface area contributed by atoms with E-state index in [1.165, 1.54) is 4.52 Å². The molecule has 10 nitrogen and oxygen atoms in total. The smallest absolute Gasteiger partial charge is 0.310 e. The minimum Gasteiger partial charge on any atom is -0.459 e. The highest BCUT2D eigenvalue weighted by atomic mass is 16.5. The lowest BCUT2D eigenvalue weighted by atomic mass is 10.1. The molecule has 6 rings (SSSR count). The predicted molar refractivity (Wildman–Crippen MR) is 148 cm³/mol. The van der Waals surface area contributed by atoms with Gasteiger partial charge in [0.25, 0.3) is 11.1 Å². The standard InChI is InChI=1S/C30H26N4O6/c1-17-25(15-39-27(35)11-19-13-31-23-9-5-3-7-21(19)23)33-26(18(2)30(38)34(33)29(17)37)16-40-28(36)12-20-14-32-24-10-6-4-8-22(20)24/h3-10,13-14,31-32H,11-12,15-16H2,1-2H3. The molecule has 2 aromatic carbocycles. The number of aromatic nitrogens is 4. The molecule has 0 aliphatic carbocycles. The number of carbonyl (C=O) groups excluding carboxylic acids is 2. The molecule has 202 valence electrons. The molecule has 0 amide bonds. The summed E-state index contributed by atoms with van der Waals surface area (Å²) in [6.07, 6.45) is 3.62. The number of esters is 2. The minimum atomic E-state index is -0.507. The maximum Gasteiger partial charge on any atom is 0.310 e. The number of hydrogen-bond donors (Lipinski definition) is 2. The van der Waals surface area contributed by atoms with Crippen LogP contribution in [0.15, 0.2) is 70.5 Å². The summed E-state index contributed by atoms with van der Waals surface area (Å²) >= 11 is 0. The lowest BCUT2D eigenvalue weighted by Gasteiger charge is -2.09. The van der Waals surface area contributed by atoms with Crippen molar-refractivity contribution in [2.45, 2.75) is 39.9 Å². The number of nitrogens with zero attached hydrogens (tertiary/aromatic N) is 2. The number of rotatable bonds is 8. The summed E-state index contributed by atoms with van der Waals surface area (Å²) in [5.74, 6) is -0.956. The summed E-state index contributed by atoms with van der Waals surface area (Å²) < 4.78 is 13.5. The van der Waals surface area contributed by atoms with Crippen molar-refractivity contribution in [3.8, 4) is 0 Å². The maximum absolute atomic E-state index is 12.9. The van der Waals surface area contributed by atoms with Crippen molar-refractivity contribution in [2.24, 2.45) is 0 Å². The summed E-state index contributed by atoms with van der Waals surface area (Å²) in [5, 5.41) is 1.86. The molecule has 0 atom stereocenters. The van der Waals surface area contributed by atoms with Gasteiger partial charge >= 0.3 is 11.9 Å². The number of benzene rings is 2. The number of H-pyrrole nitrogens is 2. The topological polar surface area (TPSA) is 127 Å². The quantitative estimate of drug-likeness (QED) is 0.286. The van der Waals surface area contributed by atoms with Crippen LogP contribution in [0.25, 0.3) is 21.8 Å². The molecule has 0 saturated carbocycles. The van der Waals surface area contributed by atoms with Crippen LogP contribution in [0.4, 0.5) is 0 Å². The second-order valence-corrected chi connectivity index (χ2v) is 9.77. The molecule has 0 aliphatic heterocycles. The van der Waals surface area contributed by atoms with Crippen molar-refractivity contribution in [3.63, 3.8) is 0 Å². The summed E-state index contributed by atoms with van der Waals surface area (Å²) in [6.45, 7) is 2.71. The molecular weight excluding hydrogens is 512 g/mol. The number of hydrogen-bond acceptors (Lipinski definition) is 6. The Bertz CT molecular complexity index is 1880. The van der Waals surface area contributed by atoms with Crippen LogP contribution in [-0.4, -0.2) is 30.9 Å². The third kappa shape index (κ3) is 4.23. The van der Waals surface area contributed by atoms with Gasteiger partial charge in [0, 0.05) is 45.3 Å². The Morgan fingerprint density at radius 2 is 1.10 bits per heavy atom. The van der Waals surface area contributed by atoms with Gasteiger partial charge in [-0.05, 0) is 37.1 Å². The van der Waals surface area contributed by atoms with Crippen LogP contribution in [0.1, 0.15) is 33.6 Å². The maximum atomic E-state index is 12.9. The summed E-state index contributed by atoms with van der Waals surface area (Å²) in [4.78, 5) is 57.6.